The van der Waals surface area contributed by atoms with E-state index in [1.54, 1.807) is 37.3 Å². The van der Waals surface area contributed by atoms with Crippen LogP contribution in [0.3, 0.4) is 0 Å². The molecule has 3 rings (SSSR count). The zero-order valence-corrected chi connectivity index (χ0v) is 15.1. The highest BCUT2D eigenvalue weighted by Gasteiger charge is 2.18. The van der Waals surface area contributed by atoms with Gasteiger partial charge in [-0.25, -0.2) is 13.8 Å². The minimum Gasteiger partial charge on any atom is -0.323 e. The summed E-state index contributed by atoms with van der Waals surface area (Å²) in [6, 6.07) is 10.1. The largest absolute Gasteiger partial charge is 0.323 e. The third-order valence-electron chi connectivity index (χ3n) is 3.62. The van der Waals surface area contributed by atoms with E-state index in [-0.39, 0.29) is 17.9 Å². The van der Waals surface area contributed by atoms with Gasteiger partial charge < -0.3 is 10.6 Å². The second-order valence-electron chi connectivity index (χ2n) is 5.73. The van der Waals surface area contributed by atoms with Gasteiger partial charge in [0.05, 0.1) is 17.7 Å². The maximum Gasteiger partial charge on any atom is 0.259 e. The lowest BCUT2D eigenvalue weighted by molar-refractivity contribution is -0.115. The molecule has 1 aromatic carbocycles. The van der Waals surface area contributed by atoms with Gasteiger partial charge in [-0.05, 0) is 36.6 Å². The lowest BCUT2D eigenvalue weighted by Gasteiger charge is -2.10. The van der Waals surface area contributed by atoms with Gasteiger partial charge in [-0.15, -0.1) is 11.3 Å². The van der Waals surface area contributed by atoms with E-state index in [1.807, 2.05) is 5.38 Å². The standard InChI is InChI=1S/C19H15F2N3O2S/c1-11-4-2-6-17(22-11)24-19(26)13-9-16(15(21)10-14(13)20)23-18(25)8-12-5-3-7-27-12/h2-7,9-10H,8H2,1H3,(H,23,25)(H,22,24,26). The van der Waals surface area contributed by atoms with Gasteiger partial charge in [0, 0.05) is 16.6 Å². The number of thiophene rings is 1. The zero-order chi connectivity index (χ0) is 19.4. The molecule has 2 aromatic heterocycles. The molecule has 5 nitrogen and oxygen atoms in total. The van der Waals surface area contributed by atoms with Crippen LogP contribution in [-0.4, -0.2) is 16.8 Å². The van der Waals surface area contributed by atoms with E-state index in [1.165, 1.54) is 11.3 Å². The van der Waals surface area contributed by atoms with Crippen LogP contribution < -0.4 is 10.6 Å². The Morgan fingerprint density at radius 2 is 1.89 bits per heavy atom. The van der Waals surface area contributed by atoms with Gasteiger partial charge in [0.2, 0.25) is 5.91 Å². The fourth-order valence-electron chi connectivity index (χ4n) is 2.38. The predicted molar refractivity (Wildman–Crippen MR) is 99.9 cm³/mol. The van der Waals surface area contributed by atoms with Crippen LogP contribution in [-0.2, 0) is 11.2 Å². The monoisotopic (exact) mass is 387 g/mol. The van der Waals surface area contributed by atoms with Crippen LogP contribution in [0.15, 0.2) is 47.8 Å². The van der Waals surface area contributed by atoms with Crippen molar-refractivity contribution >= 4 is 34.7 Å². The number of amides is 2. The molecule has 138 valence electrons. The summed E-state index contributed by atoms with van der Waals surface area (Å²) < 4.78 is 28.1. The van der Waals surface area contributed by atoms with Crippen LogP contribution >= 0.6 is 11.3 Å². The molecule has 0 saturated heterocycles. The maximum absolute atomic E-state index is 14.1. The van der Waals surface area contributed by atoms with Crippen molar-refractivity contribution < 1.29 is 18.4 Å². The van der Waals surface area contributed by atoms with Crippen LogP contribution in [0, 0.1) is 18.6 Å². The predicted octanol–water partition coefficient (Wildman–Crippen LogP) is 4.16. The van der Waals surface area contributed by atoms with E-state index in [2.05, 4.69) is 15.6 Å². The molecule has 0 aliphatic carbocycles. The number of aromatic nitrogens is 1. The molecular weight excluding hydrogens is 372 g/mol. The smallest absolute Gasteiger partial charge is 0.259 e. The van der Waals surface area contributed by atoms with Gasteiger partial charge in [0.15, 0.2) is 0 Å². The van der Waals surface area contributed by atoms with Crippen molar-refractivity contribution in [2.75, 3.05) is 10.6 Å². The first kappa shape index (κ1) is 18.7. The number of nitrogens with zero attached hydrogens (tertiary/aromatic N) is 1. The minimum absolute atomic E-state index is 0.0588. The zero-order valence-electron chi connectivity index (χ0n) is 14.3. The number of anilines is 2. The Morgan fingerprint density at radius 1 is 1.07 bits per heavy atom. The molecule has 0 aliphatic rings. The molecular formula is C19H15F2N3O2S. The molecule has 0 bridgehead atoms. The quantitative estimate of drug-likeness (QED) is 0.690. The van der Waals surface area contributed by atoms with Gasteiger partial charge >= 0.3 is 0 Å². The Morgan fingerprint density at radius 3 is 2.59 bits per heavy atom. The molecule has 2 N–H and O–H groups in total. The van der Waals surface area contributed by atoms with Gasteiger partial charge in [-0.2, -0.15) is 0 Å². The number of rotatable bonds is 5. The van der Waals surface area contributed by atoms with Gasteiger partial charge in [-0.3, -0.25) is 9.59 Å². The van der Waals surface area contributed by atoms with Crippen LogP contribution in [0.4, 0.5) is 20.3 Å². The third-order valence-corrected chi connectivity index (χ3v) is 4.50. The molecule has 2 amide bonds. The van der Waals surface area contributed by atoms with Crippen molar-refractivity contribution in [1.29, 1.82) is 0 Å². The van der Waals surface area contributed by atoms with E-state index in [9.17, 15) is 18.4 Å². The maximum atomic E-state index is 14.1. The average molecular weight is 387 g/mol. The number of carbonyl (C=O) groups is 2. The molecule has 0 saturated carbocycles. The number of hydrogen-bond acceptors (Lipinski definition) is 4. The fraction of sp³-hybridized carbons (Fsp3) is 0.105. The van der Waals surface area contributed by atoms with E-state index < -0.39 is 29.0 Å². The Bertz CT molecular complexity index is 991. The van der Waals surface area contributed by atoms with Crippen molar-refractivity contribution in [2.24, 2.45) is 0 Å². The van der Waals surface area contributed by atoms with Crippen LogP contribution in [0.5, 0.6) is 0 Å². The summed E-state index contributed by atoms with van der Waals surface area (Å²) >= 11 is 1.39. The summed E-state index contributed by atoms with van der Waals surface area (Å²) in [7, 11) is 0. The van der Waals surface area contributed by atoms with Crippen molar-refractivity contribution in [2.45, 2.75) is 13.3 Å². The Hall–Kier alpha value is -3.13. The summed E-state index contributed by atoms with van der Waals surface area (Å²) in [6.07, 6.45) is 0.0588. The Kier molecular flexibility index (Phi) is 5.56. The Balaban J connectivity index is 1.78. The second kappa shape index (κ2) is 8.05. The van der Waals surface area contributed by atoms with E-state index in [0.29, 0.717) is 11.8 Å². The lowest BCUT2D eigenvalue weighted by Crippen LogP contribution is -2.18. The highest BCUT2D eigenvalue weighted by molar-refractivity contribution is 7.10. The Labute approximate surface area is 158 Å². The molecule has 27 heavy (non-hydrogen) atoms. The number of benzene rings is 1. The van der Waals surface area contributed by atoms with Crippen molar-refractivity contribution in [3.8, 4) is 0 Å². The number of carbonyl (C=O) groups excluding carboxylic acids is 2. The van der Waals surface area contributed by atoms with Crippen LogP contribution in [0.2, 0.25) is 0 Å². The minimum atomic E-state index is -1.03. The first-order valence-corrected chi connectivity index (χ1v) is 8.86. The number of halogens is 2. The normalized spacial score (nSPS) is 10.5. The van der Waals surface area contributed by atoms with E-state index in [4.69, 9.17) is 0 Å². The first-order chi connectivity index (χ1) is 12.9. The van der Waals surface area contributed by atoms with E-state index in [0.717, 1.165) is 10.9 Å². The molecule has 0 radical (unpaired) electrons. The van der Waals surface area contributed by atoms with Crippen LogP contribution in [0.1, 0.15) is 20.9 Å². The summed E-state index contributed by atoms with van der Waals surface area (Å²) in [5, 5.41) is 6.65. The molecule has 0 atom stereocenters. The van der Waals surface area contributed by atoms with Crippen molar-refractivity contribution in [1.82, 2.24) is 4.98 Å². The molecule has 2 heterocycles. The van der Waals surface area contributed by atoms with Crippen LogP contribution in [0.25, 0.3) is 0 Å². The topological polar surface area (TPSA) is 71.1 Å². The number of pyridine rings is 1. The van der Waals surface area contributed by atoms with E-state index >= 15 is 0 Å². The SMILES string of the molecule is Cc1cccc(NC(=O)c2cc(NC(=O)Cc3cccs3)c(F)cc2F)n1. The second-order valence-corrected chi connectivity index (χ2v) is 6.77. The fourth-order valence-corrected chi connectivity index (χ4v) is 3.08. The first-order valence-electron chi connectivity index (χ1n) is 7.98. The van der Waals surface area contributed by atoms with Crippen molar-refractivity contribution in [3.05, 3.63) is 75.6 Å². The summed E-state index contributed by atoms with van der Waals surface area (Å²) in [5.41, 5.74) is 0.0142. The molecule has 0 spiro atoms. The lowest BCUT2D eigenvalue weighted by atomic mass is 10.1. The third kappa shape index (κ3) is 4.73. The highest BCUT2D eigenvalue weighted by Crippen LogP contribution is 2.21. The molecule has 3 aromatic rings. The van der Waals surface area contributed by atoms with Gasteiger partial charge in [-0.1, -0.05) is 12.1 Å². The van der Waals surface area contributed by atoms with Gasteiger partial charge in [0.25, 0.3) is 5.91 Å². The molecule has 0 fully saturated rings. The summed E-state index contributed by atoms with van der Waals surface area (Å²) in [6.45, 7) is 1.75. The number of hydrogen-bond donors (Lipinski definition) is 2. The summed E-state index contributed by atoms with van der Waals surface area (Å²) in [5.74, 6) is -3.01. The number of aryl methyl sites for hydroxylation is 1. The van der Waals surface area contributed by atoms with Gasteiger partial charge in [0.1, 0.15) is 17.5 Å². The highest BCUT2D eigenvalue weighted by atomic mass is 32.1. The average Bonchev–Trinajstić information content (AvgIpc) is 3.10. The van der Waals surface area contributed by atoms with Crippen molar-refractivity contribution in [3.63, 3.8) is 0 Å². The summed E-state index contributed by atoms with van der Waals surface area (Å²) in [4.78, 5) is 29.3. The number of nitrogens with one attached hydrogen (secondary N) is 2. The molecule has 0 unspecified atom stereocenters. The molecule has 8 heteroatoms. The molecule has 0 aliphatic heterocycles.